The number of rotatable bonds is 4. The van der Waals surface area contributed by atoms with Crippen molar-refractivity contribution in [2.24, 2.45) is 11.8 Å². The lowest BCUT2D eigenvalue weighted by atomic mass is 9.90. The molecule has 5 nitrogen and oxygen atoms in total. The zero-order valence-electron chi connectivity index (χ0n) is 13.6. The molecule has 0 bridgehead atoms. The summed E-state index contributed by atoms with van der Waals surface area (Å²) in [5.74, 6) is -0.666. The molecule has 24 heavy (non-hydrogen) atoms. The molecule has 5 heteroatoms. The molecule has 0 radical (unpaired) electrons. The quantitative estimate of drug-likeness (QED) is 0.938. The number of carboxylic acid groups (broad SMARTS) is 1. The zero-order valence-corrected chi connectivity index (χ0v) is 13.6. The van der Waals surface area contributed by atoms with Gasteiger partial charge in [-0.05, 0) is 35.2 Å². The minimum Gasteiger partial charge on any atom is -0.484 e. The molecule has 1 aliphatic heterocycles. The largest absolute Gasteiger partial charge is 0.484 e. The van der Waals surface area contributed by atoms with E-state index in [2.05, 4.69) is 0 Å². The smallest absolute Gasteiger partial charge is 0.308 e. The summed E-state index contributed by atoms with van der Waals surface area (Å²) in [5, 5.41) is 11.4. The lowest BCUT2D eigenvalue weighted by Crippen LogP contribution is -2.47. The third-order valence-corrected chi connectivity index (χ3v) is 4.44. The number of aliphatic carboxylic acids is 1. The number of carboxylic acids is 1. The van der Waals surface area contributed by atoms with Crippen molar-refractivity contribution >= 4 is 22.6 Å². The molecule has 2 atom stereocenters. The van der Waals surface area contributed by atoms with Crippen LogP contribution in [0.5, 0.6) is 5.75 Å². The van der Waals surface area contributed by atoms with E-state index in [-0.39, 0.29) is 25.0 Å². The van der Waals surface area contributed by atoms with E-state index in [4.69, 9.17) is 4.74 Å². The average Bonchev–Trinajstić information content (AvgIpc) is 2.58. The Balaban J connectivity index is 1.62. The molecule has 1 N–H and O–H groups in total. The molecule has 0 aliphatic carbocycles. The van der Waals surface area contributed by atoms with Crippen molar-refractivity contribution in [1.82, 2.24) is 4.90 Å². The minimum atomic E-state index is -0.838. The van der Waals surface area contributed by atoms with Crippen molar-refractivity contribution in [3.8, 4) is 5.75 Å². The first-order valence-corrected chi connectivity index (χ1v) is 8.15. The van der Waals surface area contributed by atoms with Gasteiger partial charge in [0.25, 0.3) is 5.91 Å². The number of fused-ring (bicyclic) bond motifs is 1. The van der Waals surface area contributed by atoms with E-state index in [1.54, 1.807) is 4.90 Å². The summed E-state index contributed by atoms with van der Waals surface area (Å²) in [6.45, 7) is 2.75. The van der Waals surface area contributed by atoms with E-state index < -0.39 is 11.9 Å². The molecular formula is C19H21NO4. The zero-order chi connectivity index (χ0) is 17.1. The number of nitrogens with zero attached hydrogens (tertiary/aromatic N) is 1. The Bertz CT molecular complexity index is 758. The molecule has 3 rings (SSSR count). The third kappa shape index (κ3) is 3.67. The standard InChI is InChI=1S/C19H21NO4/c1-13-8-16(19(22)23)11-20(10-13)18(21)12-24-17-7-6-14-4-2-3-5-15(14)9-17/h2-7,9,13,16H,8,10-12H2,1H3,(H,22,23). The molecule has 1 amide bonds. The van der Waals surface area contributed by atoms with Gasteiger partial charge < -0.3 is 14.7 Å². The van der Waals surface area contributed by atoms with Crippen molar-refractivity contribution in [2.45, 2.75) is 13.3 Å². The number of benzene rings is 2. The second-order valence-electron chi connectivity index (χ2n) is 6.47. The van der Waals surface area contributed by atoms with Crippen LogP contribution in [0.2, 0.25) is 0 Å². The summed E-state index contributed by atoms with van der Waals surface area (Å²) >= 11 is 0. The molecule has 1 heterocycles. The molecule has 0 saturated carbocycles. The third-order valence-electron chi connectivity index (χ3n) is 4.44. The molecule has 2 aromatic carbocycles. The topological polar surface area (TPSA) is 66.8 Å². The molecule has 1 fully saturated rings. The Morgan fingerprint density at radius 2 is 1.92 bits per heavy atom. The van der Waals surface area contributed by atoms with Gasteiger partial charge in [-0.1, -0.05) is 37.3 Å². The second-order valence-corrected chi connectivity index (χ2v) is 6.47. The maximum absolute atomic E-state index is 12.4. The Kier molecular flexibility index (Phi) is 4.69. The van der Waals surface area contributed by atoms with Gasteiger partial charge in [0, 0.05) is 13.1 Å². The van der Waals surface area contributed by atoms with Gasteiger partial charge in [-0.15, -0.1) is 0 Å². The fourth-order valence-electron chi connectivity index (χ4n) is 3.23. The van der Waals surface area contributed by atoms with Gasteiger partial charge in [-0.3, -0.25) is 9.59 Å². The first kappa shape index (κ1) is 16.3. The highest BCUT2D eigenvalue weighted by Gasteiger charge is 2.31. The first-order valence-electron chi connectivity index (χ1n) is 8.15. The summed E-state index contributed by atoms with van der Waals surface area (Å²) in [4.78, 5) is 25.2. The molecular weight excluding hydrogens is 306 g/mol. The molecule has 0 aromatic heterocycles. The number of carbonyl (C=O) groups is 2. The highest BCUT2D eigenvalue weighted by molar-refractivity contribution is 5.84. The maximum Gasteiger partial charge on any atom is 0.308 e. The van der Waals surface area contributed by atoms with Crippen molar-refractivity contribution in [2.75, 3.05) is 19.7 Å². The van der Waals surface area contributed by atoms with E-state index in [0.717, 1.165) is 10.8 Å². The molecule has 0 spiro atoms. The van der Waals surface area contributed by atoms with Gasteiger partial charge in [0.15, 0.2) is 6.61 Å². The van der Waals surface area contributed by atoms with Crippen molar-refractivity contribution in [3.05, 3.63) is 42.5 Å². The van der Waals surface area contributed by atoms with E-state index in [1.165, 1.54) is 0 Å². The van der Waals surface area contributed by atoms with Crippen LogP contribution in [0.4, 0.5) is 0 Å². The maximum atomic E-state index is 12.4. The van der Waals surface area contributed by atoms with Crippen LogP contribution in [0.1, 0.15) is 13.3 Å². The predicted octanol–water partition coefficient (Wildman–Crippen LogP) is 2.79. The number of amides is 1. The SMILES string of the molecule is CC1CC(C(=O)O)CN(C(=O)COc2ccc3ccccc3c2)C1. The number of hydrogen-bond acceptors (Lipinski definition) is 3. The summed E-state index contributed by atoms with van der Waals surface area (Å²) in [6.07, 6.45) is 0.616. The molecule has 2 unspecified atom stereocenters. The number of likely N-dealkylation sites (tertiary alicyclic amines) is 1. The van der Waals surface area contributed by atoms with E-state index in [0.29, 0.717) is 18.7 Å². The van der Waals surface area contributed by atoms with Crippen LogP contribution in [0.3, 0.4) is 0 Å². The predicted molar refractivity (Wildman–Crippen MR) is 90.9 cm³/mol. The van der Waals surface area contributed by atoms with Crippen LogP contribution < -0.4 is 4.74 Å². The normalized spacial score (nSPS) is 20.8. The summed E-state index contributed by atoms with van der Waals surface area (Å²) < 4.78 is 5.62. The van der Waals surface area contributed by atoms with Gasteiger partial charge in [-0.25, -0.2) is 0 Å². The number of ether oxygens (including phenoxy) is 1. The molecule has 2 aromatic rings. The Labute approximate surface area is 140 Å². The number of piperidine rings is 1. The van der Waals surface area contributed by atoms with E-state index >= 15 is 0 Å². The summed E-state index contributed by atoms with van der Waals surface area (Å²) in [6, 6.07) is 13.6. The Morgan fingerprint density at radius 3 is 2.67 bits per heavy atom. The number of carbonyl (C=O) groups excluding carboxylic acids is 1. The fourth-order valence-corrected chi connectivity index (χ4v) is 3.23. The van der Waals surface area contributed by atoms with Crippen molar-refractivity contribution < 1.29 is 19.4 Å². The van der Waals surface area contributed by atoms with Crippen molar-refractivity contribution in [1.29, 1.82) is 0 Å². The highest BCUT2D eigenvalue weighted by Crippen LogP contribution is 2.23. The summed E-state index contributed by atoms with van der Waals surface area (Å²) in [7, 11) is 0. The summed E-state index contributed by atoms with van der Waals surface area (Å²) in [5.41, 5.74) is 0. The Hall–Kier alpha value is -2.56. The lowest BCUT2D eigenvalue weighted by molar-refractivity contribution is -0.147. The van der Waals surface area contributed by atoms with E-state index in [1.807, 2.05) is 49.4 Å². The first-order chi connectivity index (χ1) is 11.5. The minimum absolute atomic E-state index is 0.0720. The molecule has 126 valence electrons. The van der Waals surface area contributed by atoms with Crippen LogP contribution in [0.15, 0.2) is 42.5 Å². The second kappa shape index (κ2) is 6.91. The van der Waals surface area contributed by atoms with Gasteiger partial charge >= 0.3 is 5.97 Å². The van der Waals surface area contributed by atoms with Crippen LogP contribution in [0.25, 0.3) is 10.8 Å². The lowest BCUT2D eigenvalue weighted by Gasteiger charge is -2.34. The van der Waals surface area contributed by atoms with Gasteiger partial charge in [0.1, 0.15) is 5.75 Å². The van der Waals surface area contributed by atoms with Crippen LogP contribution in [0, 0.1) is 11.8 Å². The molecule has 1 aliphatic rings. The highest BCUT2D eigenvalue weighted by atomic mass is 16.5. The average molecular weight is 327 g/mol. The van der Waals surface area contributed by atoms with Crippen LogP contribution in [-0.4, -0.2) is 41.6 Å². The van der Waals surface area contributed by atoms with E-state index in [9.17, 15) is 14.7 Å². The monoisotopic (exact) mass is 327 g/mol. The number of hydrogen-bond donors (Lipinski definition) is 1. The van der Waals surface area contributed by atoms with Crippen LogP contribution in [-0.2, 0) is 9.59 Å². The van der Waals surface area contributed by atoms with Gasteiger partial charge in [0.2, 0.25) is 0 Å². The fraction of sp³-hybridized carbons (Fsp3) is 0.368. The molecule has 1 saturated heterocycles. The van der Waals surface area contributed by atoms with Crippen LogP contribution >= 0.6 is 0 Å². The van der Waals surface area contributed by atoms with Crippen molar-refractivity contribution in [3.63, 3.8) is 0 Å². The Morgan fingerprint density at radius 1 is 1.17 bits per heavy atom. The van der Waals surface area contributed by atoms with Gasteiger partial charge in [0.05, 0.1) is 5.92 Å². The van der Waals surface area contributed by atoms with Gasteiger partial charge in [-0.2, -0.15) is 0 Å².